The Labute approximate surface area is 147 Å². The van der Waals surface area contributed by atoms with Gasteiger partial charge in [0.05, 0.1) is 12.6 Å². The van der Waals surface area contributed by atoms with Crippen LogP contribution in [0.2, 0.25) is 0 Å². The molecule has 0 fully saturated rings. The lowest BCUT2D eigenvalue weighted by Crippen LogP contribution is -2.47. The van der Waals surface area contributed by atoms with Gasteiger partial charge in [0.2, 0.25) is 11.0 Å². The normalized spacial score (nSPS) is 18.3. The monoisotopic (exact) mass is 363 g/mol. The molecule has 1 aliphatic rings. The van der Waals surface area contributed by atoms with Gasteiger partial charge in [0.25, 0.3) is 10.0 Å². The fourth-order valence-electron chi connectivity index (χ4n) is 2.99. The summed E-state index contributed by atoms with van der Waals surface area (Å²) in [5.74, 6) is 0.0771. The zero-order chi connectivity index (χ0) is 18.2. The first-order valence-corrected chi connectivity index (χ1v) is 9.34. The molecule has 1 aromatic heterocycles. The van der Waals surface area contributed by atoms with Gasteiger partial charge in [-0.05, 0) is 29.7 Å². The van der Waals surface area contributed by atoms with E-state index in [-0.39, 0.29) is 5.09 Å². The molecule has 134 valence electrons. The summed E-state index contributed by atoms with van der Waals surface area (Å²) in [5.41, 5.74) is 7.81. The maximum Gasteiger partial charge on any atom is 0.275 e. The highest BCUT2D eigenvalue weighted by atomic mass is 32.2. The third-order valence-electron chi connectivity index (χ3n) is 4.41. The predicted octanol–water partition coefficient (Wildman–Crippen LogP) is 0.942. The molecular weight excluding hydrogens is 342 g/mol. The molecule has 2 heterocycles. The Kier molecular flexibility index (Phi) is 4.68. The van der Waals surface area contributed by atoms with Crippen LogP contribution in [0.1, 0.15) is 16.9 Å². The molecule has 1 amide bonds. The quantitative estimate of drug-likeness (QED) is 0.853. The average molecular weight is 363 g/mol. The molecule has 0 radical (unpaired) electrons. The number of hydrogen-bond donors (Lipinski definition) is 1. The Morgan fingerprint density at radius 1 is 1.24 bits per heavy atom. The van der Waals surface area contributed by atoms with Crippen molar-refractivity contribution in [3.05, 3.63) is 53.3 Å². The maximum atomic E-state index is 12.1. The number of amides is 1. The third kappa shape index (κ3) is 3.46. The van der Waals surface area contributed by atoms with Gasteiger partial charge in [-0.15, -0.1) is 0 Å². The second-order valence-corrected chi connectivity index (χ2v) is 8.39. The van der Waals surface area contributed by atoms with E-state index in [0.717, 1.165) is 15.4 Å². The van der Waals surface area contributed by atoms with Crippen molar-refractivity contribution >= 4 is 15.9 Å². The number of carbonyl (C=O) groups excluding carboxylic acids is 1. The van der Waals surface area contributed by atoms with Crippen molar-refractivity contribution < 1.29 is 17.6 Å². The zero-order valence-corrected chi connectivity index (χ0v) is 15.0. The number of furan rings is 1. The summed E-state index contributed by atoms with van der Waals surface area (Å²) in [6, 6.07) is 10.5. The fraction of sp³-hybridized carbons (Fsp3) is 0.353. The smallest absolute Gasteiger partial charge is 0.275 e. The lowest BCUT2D eigenvalue weighted by molar-refractivity contribution is -0.124. The van der Waals surface area contributed by atoms with E-state index in [9.17, 15) is 13.2 Å². The van der Waals surface area contributed by atoms with Gasteiger partial charge < -0.3 is 10.2 Å². The molecule has 3 rings (SSSR count). The predicted molar refractivity (Wildman–Crippen MR) is 92.0 cm³/mol. The molecule has 2 N–H and O–H groups in total. The van der Waals surface area contributed by atoms with E-state index in [2.05, 4.69) is 0 Å². The van der Waals surface area contributed by atoms with Crippen LogP contribution in [0.25, 0.3) is 0 Å². The second-order valence-electron chi connectivity index (χ2n) is 6.30. The van der Waals surface area contributed by atoms with Gasteiger partial charge in [0, 0.05) is 20.6 Å². The Balaban J connectivity index is 1.84. The van der Waals surface area contributed by atoms with Crippen LogP contribution < -0.4 is 5.73 Å². The van der Waals surface area contributed by atoms with Gasteiger partial charge in [-0.25, -0.2) is 12.7 Å². The van der Waals surface area contributed by atoms with E-state index in [0.29, 0.717) is 25.3 Å². The Bertz CT molecular complexity index is 889. The molecular formula is C17H21N3O4S. The van der Waals surface area contributed by atoms with Crippen LogP contribution in [0.3, 0.4) is 0 Å². The summed E-state index contributed by atoms with van der Waals surface area (Å²) < 4.78 is 30.8. The van der Waals surface area contributed by atoms with Gasteiger partial charge in [-0.1, -0.05) is 24.3 Å². The number of nitrogens with zero attached hydrogens (tertiary/aromatic N) is 2. The van der Waals surface area contributed by atoms with Crippen molar-refractivity contribution in [1.82, 2.24) is 9.21 Å². The fourth-order valence-corrected chi connectivity index (χ4v) is 3.80. The molecule has 1 aliphatic heterocycles. The minimum absolute atomic E-state index is 0.111. The molecule has 7 nitrogen and oxygen atoms in total. The van der Waals surface area contributed by atoms with Gasteiger partial charge in [-0.2, -0.15) is 0 Å². The van der Waals surface area contributed by atoms with Crippen molar-refractivity contribution in [3.8, 4) is 0 Å². The first kappa shape index (κ1) is 17.7. The van der Waals surface area contributed by atoms with Crippen molar-refractivity contribution in [2.24, 2.45) is 5.73 Å². The van der Waals surface area contributed by atoms with Crippen LogP contribution in [0.15, 0.2) is 45.9 Å². The molecule has 0 bridgehead atoms. The molecule has 2 aromatic rings. The highest BCUT2D eigenvalue weighted by Gasteiger charge is 2.31. The first-order valence-electron chi connectivity index (χ1n) is 7.90. The number of benzene rings is 1. The largest absolute Gasteiger partial charge is 0.447 e. The molecule has 8 heteroatoms. The van der Waals surface area contributed by atoms with Crippen molar-refractivity contribution in [3.63, 3.8) is 0 Å². The number of nitrogens with two attached hydrogens (primary N) is 1. The Morgan fingerprint density at radius 2 is 1.92 bits per heavy atom. The van der Waals surface area contributed by atoms with Crippen LogP contribution >= 0.6 is 0 Å². The SMILES string of the molecule is CN(C)S(=O)(=O)c1ccc(CN2Cc3ccccc3C[C@H]2C(N)=O)o1. The summed E-state index contributed by atoms with van der Waals surface area (Å²) in [6.07, 6.45) is 0.537. The van der Waals surface area contributed by atoms with Crippen LogP contribution in [-0.2, 0) is 34.3 Å². The zero-order valence-electron chi connectivity index (χ0n) is 14.2. The molecule has 0 saturated carbocycles. The number of primary amides is 1. The van der Waals surface area contributed by atoms with Crippen molar-refractivity contribution in [1.29, 1.82) is 0 Å². The number of rotatable bonds is 5. The molecule has 0 unspecified atom stereocenters. The van der Waals surface area contributed by atoms with E-state index in [1.807, 2.05) is 29.2 Å². The van der Waals surface area contributed by atoms with Gasteiger partial charge in [0.15, 0.2) is 0 Å². The van der Waals surface area contributed by atoms with Gasteiger partial charge >= 0.3 is 0 Å². The Morgan fingerprint density at radius 3 is 2.56 bits per heavy atom. The standard InChI is InChI=1S/C17H21N3O4S/c1-19(2)25(22,23)16-8-7-14(24-16)11-20-10-13-6-4-3-5-12(13)9-15(20)17(18)21/h3-8,15H,9-11H2,1-2H3,(H2,18,21)/t15-/m0/s1. The minimum atomic E-state index is -3.62. The lowest BCUT2D eigenvalue weighted by Gasteiger charge is -2.34. The van der Waals surface area contributed by atoms with Crippen LogP contribution in [0, 0.1) is 0 Å². The number of fused-ring (bicyclic) bond motifs is 1. The second kappa shape index (κ2) is 6.62. The van der Waals surface area contributed by atoms with E-state index in [1.165, 1.54) is 20.2 Å². The summed E-state index contributed by atoms with van der Waals surface area (Å²) in [4.78, 5) is 13.8. The maximum absolute atomic E-state index is 12.1. The van der Waals surface area contributed by atoms with Crippen LogP contribution in [-0.4, -0.2) is 43.7 Å². The lowest BCUT2D eigenvalue weighted by atomic mass is 9.93. The van der Waals surface area contributed by atoms with E-state index in [4.69, 9.17) is 10.2 Å². The minimum Gasteiger partial charge on any atom is -0.447 e. The van der Waals surface area contributed by atoms with E-state index in [1.54, 1.807) is 6.07 Å². The summed E-state index contributed by atoms with van der Waals surface area (Å²) >= 11 is 0. The molecule has 1 atom stereocenters. The molecule has 25 heavy (non-hydrogen) atoms. The molecule has 1 aromatic carbocycles. The average Bonchev–Trinajstić information content (AvgIpc) is 3.03. The molecule has 0 saturated heterocycles. The highest BCUT2D eigenvalue weighted by Crippen LogP contribution is 2.26. The number of sulfonamides is 1. The summed E-state index contributed by atoms with van der Waals surface area (Å²) in [7, 11) is -0.726. The van der Waals surface area contributed by atoms with E-state index >= 15 is 0 Å². The molecule has 0 aliphatic carbocycles. The Hall–Kier alpha value is -2.16. The van der Waals surface area contributed by atoms with Gasteiger partial charge in [0.1, 0.15) is 5.76 Å². The highest BCUT2D eigenvalue weighted by molar-refractivity contribution is 7.88. The number of hydrogen-bond acceptors (Lipinski definition) is 5. The summed E-state index contributed by atoms with van der Waals surface area (Å²) in [5, 5.41) is -0.111. The van der Waals surface area contributed by atoms with E-state index < -0.39 is 22.0 Å². The van der Waals surface area contributed by atoms with Crippen molar-refractivity contribution in [2.45, 2.75) is 30.6 Å². The van der Waals surface area contributed by atoms with Crippen LogP contribution in [0.5, 0.6) is 0 Å². The van der Waals surface area contributed by atoms with Gasteiger partial charge in [-0.3, -0.25) is 9.69 Å². The molecule has 0 spiro atoms. The van der Waals surface area contributed by atoms with Crippen LogP contribution in [0.4, 0.5) is 0 Å². The summed E-state index contributed by atoms with van der Waals surface area (Å²) in [6.45, 7) is 0.866. The first-order chi connectivity index (χ1) is 11.8. The topological polar surface area (TPSA) is 96.9 Å². The third-order valence-corrected chi connectivity index (χ3v) is 6.09. The van der Waals surface area contributed by atoms with Crippen molar-refractivity contribution in [2.75, 3.05) is 14.1 Å². The number of carbonyl (C=O) groups is 1.